The minimum absolute atomic E-state index is 0.176. The van der Waals surface area contributed by atoms with Crippen molar-refractivity contribution in [1.29, 1.82) is 0 Å². The van der Waals surface area contributed by atoms with Gasteiger partial charge in [0.1, 0.15) is 5.75 Å². The predicted octanol–water partition coefficient (Wildman–Crippen LogP) is 5.17. The summed E-state index contributed by atoms with van der Waals surface area (Å²) in [5.74, 6) is 4.66. The Kier molecular flexibility index (Phi) is 3.43. The SMILES string of the molecule is c1ccc2c(c1)[C@@H]1CNC[C@]21COc1ccc(C23CC4CC(CC(C4)C2)C3)cc1. The van der Waals surface area contributed by atoms with Crippen LogP contribution in [0.3, 0.4) is 0 Å². The molecule has 2 atom stereocenters. The summed E-state index contributed by atoms with van der Waals surface area (Å²) in [5.41, 5.74) is 5.28. The van der Waals surface area contributed by atoms with Crippen molar-refractivity contribution in [2.75, 3.05) is 19.7 Å². The van der Waals surface area contributed by atoms with Crippen LogP contribution in [0.2, 0.25) is 0 Å². The number of rotatable bonds is 4. The molecule has 2 nitrogen and oxygen atoms in total. The third kappa shape index (κ3) is 2.33. The van der Waals surface area contributed by atoms with Gasteiger partial charge in [-0.1, -0.05) is 36.4 Å². The van der Waals surface area contributed by atoms with Gasteiger partial charge < -0.3 is 10.1 Å². The lowest BCUT2D eigenvalue weighted by molar-refractivity contribution is -0.00521. The van der Waals surface area contributed by atoms with E-state index in [1.54, 1.807) is 5.56 Å². The average Bonchev–Trinajstić information content (AvgIpc) is 3.09. The predicted molar refractivity (Wildman–Crippen MR) is 116 cm³/mol. The number of hydrogen-bond acceptors (Lipinski definition) is 2. The summed E-state index contributed by atoms with van der Waals surface area (Å²) in [5, 5.41) is 3.61. The van der Waals surface area contributed by atoms with Crippen molar-refractivity contribution < 1.29 is 4.74 Å². The van der Waals surface area contributed by atoms with Crippen LogP contribution in [0.5, 0.6) is 5.75 Å². The summed E-state index contributed by atoms with van der Waals surface area (Å²) < 4.78 is 6.41. The number of ether oxygens (including phenoxy) is 1. The molecule has 1 aliphatic heterocycles. The molecule has 0 unspecified atom stereocenters. The Labute approximate surface area is 174 Å². The Morgan fingerprint density at radius 1 is 0.862 bits per heavy atom. The van der Waals surface area contributed by atoms with E-state index < -0.39 is 0 Å². The quantitative estimate of drug-likeness (QED) is 0.784. The van der Waals surface area contributed by atoms with E-state index in [1.165, 1.54) is 49.7 Å². The van der Waals surface area contributed by atoms with Gasteiger partial charge in [0.15, 0.2) is 0 Å². The van der Waals surface area contributed by atoms with Crippen molar-refractivity contribution in [3.63, 3.8) is 0 Å². The monoisotopic (exact) mass is 385 g/mol. The summed E-state index contributed by atoms with van der Waals surface area (Å²) in [6, 6.07) is 18.3. The van der Waals surface area contributed by atoms with Crippen molar-refractivity contribution in [3.8, 4) is 5.75 Å². The minimum Gasteiger partial charge on any atom is -0.493 e. The maximum Gasteiger partial charge on any atom is 0.119 e. The molecule has 0 amide bonds. The molecule has 5 fully saturated rings. The van der Waals surface area contributed by atoms with Crippen LogP contribution in [0.25, 0.3) is 0 Å². The van der Waals surface area contributed by atoms with Crippen LogP contribution in [-0.2, 0) is 10.8 Å². The van der Waals surface area contributed by atoms with E-state index in [0.717, 1.165) is 43.2 Å². The van der Waals surface area contributed by atoms with Gasteiger partial charge in [0.05, 0.1) is 12.0 Å². The van der Waals surface area contributed by atoms with E-state index in [2.05, 4.69) is 53.8 Å². The lowest BCUT2D eigenvalue weighted by atomic mass is 9.48. The molecule has 0 aromatic heterocycles. The van der Waals surface area contributed by atoms with Gasteiger partial charge >= 0.3 is 0 Å². The molecule has 1 N–H and O–H groups in total. The number of benzene rings is 2. The van der Waals surface area contributed by atoms with Crippen LogP contribution >= 0.6 is 0 Å². The zero-order valence-electron chi connectivity index (χ0n) is 17.2. The average molecular weight is 386 g/mol. The van der Waals surface area contributed by atoms with Crippen molar-refractivity contribution in [3.05, 3.63) is 65.2 Å². The smallest absolute Gasteiger partial charge is 0.119 e. The molecule has 0 spiro atoms. The maximum absolute atomic E-state index is 6.41. The molecular weight excluding hydrogens is 354 g/mol. The van der Waals surface area contributed by atoms with Gasteiger partial charge in [-0.2, -0.15) is 0 Å². The molecule has 5 aliphatic carbocycles. The fourth-order valence-electron chi connectivity index (χ4n) is 8.44. The molecule has 2 aromatic carbocycles. The molecule has 6 aliphatic rings. The third-order valence-corrected chi connectivity index (χ3v) is 9.33. The molecule has 8 rings (SSSR count). The Bertz CT molecular complexity index is 912. The van der Waals surface area contributed by atoms with Crippen LogP contribution in [0.1, 0.15) is 61.1 Å². The zero-order valence-corrected chi connectivity index (χ0v) is 17.2. The van der Waals surface area contributed by atoms with Crippen LogP contribution < -0.4 is 10.1 Å². The first-order chi connectivity index (χ1) is 14.2. The van der Waals surface area contributed by atoms with Crippen molar-refractivity contribution in [2.24, 2.45) is 17.8 Å². The van der Waals surface area contributed by atoms with E-state index in [4.69, 9.17) is 4.74 Å². The summed E-state index contributed by atoms with van der Waals surface area (Å²) in [6.45, 7) is 2.92. The van der Waals surface area contributed by atoms with Gasteiger partial charge in [0.25, 0.3) is 0 Å². The number of hydrogen-bond donors (Lipinski definition) is 1. The number of fused-ring (bicyclic) bond motifs is 4. The fraction of sp³-hybridized carbons (Fsp3) is 0.556. The van der Waals surface area contributed by atoms with E-state index in [1.807, 2.05) is 0 Å². The van der Waals surface area contributed by atoms with Gasteiger partial charge in [-0.15, -0.1) is 0 Å². The van der Waals surface area contributed by atoms with Crippen LogP contribution in [0, 0.1) is 17.8 Å². The zero-order chi connectivity index (χ0) is 19.1. The van der Waals surface area contributed by atoms with E-state index in [9.17, 15) is 0 Å². The lowest BCUT2D eigenvalue weighted by Gasteiger charge is -2.57. The Balaban J connectivity index is 1.10. The van der Waals surface area contributed by atoms with Gasteiger partial charge in [0, 0.05) is 19.0 Å². The highest BCUT2D eigenvalue weighted by Crippen LogP contribution is 2.61. The molecule has 150 valence electrons. The highest BCUT2D eigenvalue weighted by molar-refractivity contribution is 5.53. The van der Waals surface area contributed by atoms with Crippen molar-refractivity contribution in [2.45, 2.75) is 55.3 Å². The second-order valence-electron chi connectivity index (χ2n) is 10.9. The molecule has 1 saturated heterocycles. The number of nitrogens with one attached hydrogen (secondary N) is 1. The Morgan fingerprint density at radius 3 is 2.28 bits per heavy atom. The van der Waals surface area contributed by atoms with Crippen LogP contribution in [0.15, 0.2) is 48.5 Å². The fourth-order valence-corrected chi connectivity index (χ4v) is 8.44. The van der Waals surface area contributed by atoms with E-state index >= 15 is 0 Å². The molecule has 1 heterocycles. The second kappa shape index (κ2) is 5.88. The first kappa shape index (κ1) is 16.9. The van der Waals surface area contributed by atoms with E-state index in [0.29, 0.717) is 11.3 Å². The molecule has 0 radical (unpaired) electrons. The lowest BCUT2D eigenvalue weighted by Crippen LogP contribution is -2.48. The van der Waals surface area contributed by atoms with Crippen molar-refractivity contribution >= 4 is 0 Å². The summed E-state index contributed by atoms with van der Waals surface area (Å²) in [4.78, 5) is 0. The summed E-state index contributed by atoms with van der Waals surface area (Å²) in [6.07, 6.45) is 8.85. The molecule has 4 saturated carbocycles. The standard InChI is InChI=1S/C27H31NO/c1-2-4-24-23(3-1)25-15-28-16-27(24,25)17-29-22-7-5-21(6-8-22)26-12-18-9-19(13-26)11-20(10-18)14-26/h1-8,18-20,25,28H,9-17H2/t18?,19?,20?,25-,26?,27-/m0/s1. The molecule has 2 heteroatoms. The second-order valence-corrected chi connectivity index (χ2v) is 10.9. The van der Waals surface area contributed by atoms with E-state index in [-0.39, 0.29) is 5.41 Å². The summed E-state index contributed by atoms with van der Waals surface area (Å²) in [7, 11) is 0. The Morgan fingerprint density at radius 2 is 1.55 bits per heavy atom. The van der Waals surface area contributed by atoms with Gasteiger partial charge in [0.2, 0.25) is 0 Å². The van der Waals surface area contributed by atoms with Gasteiger partial charge in [-0.3, -0.25) is 0 Å². The van der Waals surface area contributed by atoms with Gasteiger partial charge in [-0.05, 0) is 90.5 Å². The summed E-state index contributed by atoms with van der Waals surface area (Å²) >= 11 is 0. The first-order valence-corrected chi connectivity index (χ1v) is 11.8. The van der Waals surface area contributed by atoms with Crippen LogP contribution in [0.4, 0.5) is 0 Å². The van der Waals surface area contributed by atoms with Crippen LogP contribution in [-0.4, -0.2) is 19.7 Å². The van der Waals surface area contributed by atoms with Crippen molar-refractivity contribution in [1.82, 2.24) is 5.32 Å². The minimum atomic E-state index is 0.176. The largest absolute Gasteiger partial charge is 0.493 e. The maximum atomic E-state index is 6.41. The third-order valence-electron chi connectivity index (χ3n) is 9.33. The topological polar surface area (TPSA) is 21.3 Å². The molecule has 29 heavy (non-hydrogen) atoms. The normalized spacial score (nSPS) is 41.0. The first-order valence-electron chi connectivity index (χ1n) is 11.8. The highest BCUT2D eigenvalue weighted by atomic mass is 16.5. The molecule has 2 aromatic rings. The highest BCUT2D eigenvalue weighted by Gasteiger charge is 2.55. The molecule has 4 bridgehead atoms. The molecular formula is C27H31NO. The Hall–Kier alpha value is -1.80. The van der Waals surface area contributed by atoms with Gasteiger partial charge in [-0.25, -0.2) is 0 Å².